The maximum atomic E-state index is 12.5. The van der Waals surface area contributed by atoms with Gasteiger partial charge in [-0.05, 0) is 51.3 Å². The van der Waals surface area contributed by atoms with Gasteiger partial charge in [0.1, 0.15) is 0 Å². The van der Waals surface area contributed by atoms with E-state index in [1.807, 2.05) is 29.2 Å². The SMILES string of the molecule is CC1CCCC(C)N1C(=O)c1cccc(S)c1. The molecule has 0 saturated carbocycles. The zero-order chi connectivity index (χ0) is 12.4. The summed E-state index contributed by atoms with van der Waals surface area (Å²) in [4.78, 5) is 15.3. The highest BCUT2D eigenvalue weighted by Gasteiger charge is 2.29. The first kappa shape index (κ1) is 12.5. The van der Waals surface area contributed by atoms with E-state index in [0.717, 1.165) is 23.3 Å². The Hall–Kier alpha value is -0.960. The lowest BCUT2D eigenvalue weighted by Gasteiger charge is -2.39. The Morgan fingerprint density at radius 1 is 1.29 bits per heavy atom. The molecule has 0 aromatic heterocycles. The van der Waals surface area contributed by atoms with Gasteiger partial charge in [0, 0.05) is 22.5 Å². The Morgan fingerprint density at radius 3 is 2.53 bits per heavy atom. The molecular formula is C14H19NOS. The summed E-state index contributed by atoms with van der Waals surface area (Å²) in [6, 6.07) is 8.18. The zero-order valence-electron chi connectivity index (χ0n) is 10.4. The van der Waals surface area contributed by atoms with Crippen molar-refractivity contribution in [3.8, 4) is 0 Å². The largest absolute Gasteiger partial charge is 0.333 e. The van der Waals surface area contributed by atoms with Crippen molar-refractivity contribution in [3.63, 3.8) is 0 Å². The molecule has 1 amide bonds. The zero-order valence-corrected chi connectivity index (χ0v) is 11.3. The minimum atomic E-state index is 0.139. The summed E-state index contributed by atoms with van der Waals surface area (Å²) in [6.45, 7) is 4.27. The van der Waals surface area contributed by atoms with Crippen LogP contribution >= 0.6 is 12.6 Å². The molecule has 0 radical (unpaired) electrons. The normalized spacial score (nSPS) is 24.8. The van der Waals surface area contributed by atoms with Crippen LogP contribution in [0, 0.1) is 0 Å². The Labute approximate surface area is 108 Å². The lowest BCUT2D eigenvalue weighted by Crippen LogP contribution is -2.47. The fraction of sp³-hybridized carbons (Fsp3) is 0.500. The average Bonchev–Trinajstić information content (AvgIpc) is 2.28. The fourth-order valence-corrected chi connectivity index (χ4v) is 2.83. The van der Waals surface area contributed by atoms with Crippen LogP contribution in [-0.4, -0.2) is 22.9 Å². The maximum absolute atomic E-state index is 12.5. The number of amides is 1. The van der Waals surface area contributed by atoms with E-state index < -0.39 is 0 Å². The van der Waals surface area contributed by atoms with Gasteiger partial charge in [0.15, 0.2) is 0 Å². The smallest absolute Gasteiger partial charge is 0.254 e. The van der Waals surface area contributed by atoms with Crippen molar-refractivity contribution in [1.29, 1.82) is 0 Å². The third kappa shape index (κ3) is 2.65. The second-order valence-electron chi connectivity index (χ2n) is 4.89. The molecule has 1 aromatic carbocycles. The topological polar surface area (TPSA) is 20.3 Å². The van der Waals surface area contributed by atoms with Crippen molar-refractivity contribution in [2.45, 2.75) is 50.1 Å². The summed E-state index contributed by atoms with van der Waals surface area (Å²) in [6.07, 6.45) is 3.44. The number of thiol groups is 1. The molecule has 0 aliphatic carbocycles. The van der Waals surface area contributed by atoms with Gasteiger partial charge < -0.3 is 4.90 Å². The monoisotopic (exact) mass is 249 g/mol. The van der Waals surface area contributed by atoms with Crippen LogP contribution in [-0.2, 0) is 0 Å². The molecule has 0 spiro atoms. The Morgan fingerprint density at radius 2 is 1.94 bits per heavy atom. The summed E-state index contributed by atoms with van der Waals surface area (Å²) >= 11 is 4.29. The first-order chi connectivity index (χ1) is 8.09. The van der Waals surface area contributed by atoms with Gasteiger partial charge in [-0.3, -0.25) is 4.79 Å². The molecule has 1 heterocycles. The number of hydrogen-bond acceptors (Lipinski definition) is 2. The third-order valence-electron chi connectivity index (χ3n) is 3.52. The van der Waals surface area contributed by atoms with Crippen LogP contribution in [0.25, 0.3) is 0 Å². The van der Waals surface area contributed by atoms with E-state index in [-0.39, 0.29) is 5.91 Å². The Kier molecular flexibility index (Phi) is 3.77. The van der Waals surface area contributed by atoms with E-state index in [4.69, 9.17) is 0 Å². The summed E-state index contributed by atoms with van der Waals surface area (Å²) in [5, 5.41) is 0. The number of likely N-dealkylation sites (tertiary alicyclic amines) is 1. The first-order valence-electron chi connectivity index (χ1n) is 6.21. The maximum Gasteiger partial charge on any atom is 0.254 e. The van der Waals surface area contributed by atoms with Crippen LogP contribution < -0.4 is 0 Å². The fourth-order valence-electron chi connectivity index (χ4n) is 2.61. The number of nitrogens with zero attached hydrogens (tertiary/aromatic N) is 1. The van der Waals surface area contributed by atoms with Crippen molar-refractivity contribution >= 4 is 18.5 Å². The quantitative estimate of drug-likeness (QED) is 0.757. The van der Waals surface area contributed by atoms with Crippen LogP contribution in [0.15, 0.2) is 29.2 Å². The highest BCUT2D eigenvalue weighted by atomic mass is 32.1. The molecule has 2 atom stereocenters. The molecule has 2 unspecified atom stereocenters. The van der Waals surface area contributed by atoms with Crippen LogP contribution in [0.2, 0.25) is 0 Å². The van der Waals surface area contributed by atoms with Crippen LogP contribution in [0.5, 0.6) is 0 Å². The summed E-state index contributed by atoms with van der Waals surface area (Å²) in [5.41, 5.74) is 0.748. The van der Waals surface area contributed by atoms with Crippen LogP contribution in [0.3, 0.4) is 0 Å². The molecule has 1 saturated heterocycles. The third-order valence-corrected chi connectivity index (χ3v) is 3.80. The van der Waals surface area contributed by atoms with E-state index in [1.165, 1.54) is 6.42 Å². The number of benzene rings is 1. The van der Waals surface area contributed by atoms with Crippen molar-refractivity contribution in [2.75, 3.05) is 0 Å². The van der Waals surface area contributed by atoms with Gasteiger partial charge in [-0.25, -0.2) is 0 Å². The molecule has 0 N–H and O–H groups in total. The Bertz CT molecular complexity index is 408. The van der Waals surface area contributed by atoms with E-state index in [2.05, 4.69) is 26.5 Å². The molecule has 92 valence electrons. The summed E-state index contributed by atoms with van der Waals surface area (Å²) in [7, 11) is 0. The lowest BCUT2D eigenvalue weighted by atomic mass is 9.96. The van der Waals surface area contributed by atoms with E-state index in [1.54, 1.807) is 0 Å². The van der Waals surface area contributed by atoms with Crippen molar-refractivity contribution in [3.05, 3.63) is 29.8 Å². The second-order valence-corrected chi connectivity index (χ2v) is 5.41. The molecule has 1 aliphatic rings. The van der Waals surface area contributed by atoms with Crippen molar-refractivity contribution in [2.24, 2.45) is 0 Å². The summed E-state index contributed by atoms with van der Waals surface area (Å²) in [5.74, 6) is 0.139. The van der Waals surface area contributed by atoms with Gasteiger partial charge in [-0.15, -0.1) is 12.6 Å². The number of hydrogen-bond donors (Lipinski definition) is 1. The minimum Gasteiger partial charge on any atom is -0.333 e. The molecule has 1 fully saturated rings. The Balaban J connectivity index is 2.24. The molecule has 1 aromatic rings. The van der Waals surface area contributed by atoms with Gasteiger partial charge in [-0.1, -0.05) is 6.07 Å². The molecule has 2 nitrogen and oxygen atoms in total. The van der Waals surface area contributed by atoms with Crippen LogP contribution in [0.1, 0.15) is 43.5 Å². The number of carbonyl (C=O) groups is 1. The van der Waals surface area contributed by atoms with Gasteiger partial charge in [-0.2, -0.15) is 0 Å². The molecular weight excluding hydrogens is 230 g/mol. The van der Waals surface area contributed by atoms with E-state index in [0.29, 0.717) is 12.1 Å². The van der Waals surface area contributed by atoms with Gasteiger partial charge in [0.2, 0.25) is 0 Å². The molecule has 1 aliphatic heterocycles. The minimum absolute atomic E-state index is 0.139. The highest BCUT2D eigenvalue weighted by molar-refractivity contribution is 7.80. The van der Waals surface area contributed by atoms with Crippen molar-refractivity contribution < 1.29 is 4.79 Å². The van der Waals surface area contributed by atoms with Crippen molar-refractivity contribution in [1.82, 2.24) is 4.90 Å². The number of carbonyl (C=O) groups excluding carboxylic acids is 1. The molecule has 2 rings (SSSR count). The van der Waals surface area contributed by atoms with E-state index >= 15 is 0 Å². The first-order valence-corrected chi connectivity index (χ1v) is 6.66. The van der Waals surface area contributed by atoms with Gasteiger partial charge >= 0.3 is 0 Å². The van der Waals surface area contributed by atoms with E-state index in [9.17, 15) is 4.79 Å². The molecule has 3 heteroatoms. The highest BCUT2D eigenvalue weighted by Crippen LogP contribution is 2.25. The second kappa shape index (κ2) is 5.13. The van der Waals surface area contributed by atoms with Gasteiger partial charge in [0.05, 0.1) is 0 Å². The number of piperidine rings is 1. The molecule has 0 bridgehead atoms. The predicted molar refractivity (Wildman–Crippen MR) is 72.6 cm³/mol. The number of rotatable bonds is 1. The lowest BCUT2D eigenvalue weighted by molar-refractivity contribution is 0.0510. The van der Waals surface area contributed by atoms with Gasteiger partial charge in [0.25, 0.3) is 5.91 Å². The summed E-state index contributed by atoms with van der Waals surface area (Å²) < 4.78 is 0. The standard InChI is InChI=1S/C14H19NOS/c1-10-5-3-6-11(2)15(10)14(16)12-7-4-8-13(17)9-12/h4,7-11,17H,3,5-6H2,1-2H3. The van der Waals surface area contributed by atoms with Crippen LogP contribution in [0.4, 0.5) is 0 Å². The average molecular weight is 249 g/mol. The molecule has 17 heavy (non-hydrogen) atoms. The predicted octanol–water partition coefficient (Wildman–Crippen LogP) is 3.38.